The molecule has 0 aliphatic heterocycles. The maximum atomic E-state index is 11.9. The smallest absolute Gasteiger partial charge is 0.274 e. The molecule has 1 aromatic rings. The second-order valence-corrected chi connectivity index (χ2v) is 4.49. The molecule has 1 heterocycles. The van der Waals surface area contributed by atoms with Crippen LogP contribution in [0.5, 0.6) is 0 Å². The zero-order valence-electron chi connectivity index (χ0n) is 9.56. The number of nitrogens with zero attached hydrogens (tertiary/aromatic N) is 1. The van der Waals surface area contributed by atoms with Crippen molar-refractivity contribution >= 4 is 11.6 Å². The van der Waals surface area contributed by atoms with Crippen molar-refractivity contribution in [1.29, 1.82) is 0 Å². The summed E-state index contributed by atoms with van der Waals surface area (Å²) < 4.78 is 1.61. The van der Waals surface area contributed by atoms with Gasteiger partial charge >= 0.3 is 0 Å². The van der Waals surface area contributed by atoms with E-state index in [0.717, 1.165) is 12.8 Å². The molecular weight excluding hydrogens is 204 g/mol. The van der Waals surface area contributed by atoms with Gasteiger partial charge in [0.25, 0.3) is 5.56 Å². The number of carbonyl (C=O) groups excluding carboxylic acids is 1. The van der Waals surface area contributed by atoms with Gasteiger partial charge in [0, 0.05) is 18.2 Å². The Hall–Kier alpha value is -1.58. The molecule has 0 spiro atoms. The van der Waals surface area contributed by atoms with Crippen LogP contribution in [0.2, 0.25) is 0 Å². The molecule has 0 radical (unpaired) electrons. The Labute approximate surface area is 94.3 Å². The Kier molecular flexibility index (Phi) is 2.81. The SMILES string of the molecule is CC(C)n1cccc(NC(=O)C2CC2)c1=O. The predicted octanol–water partition coefficient (Wildman–Crippen LogP) is 1.78. The molecule has 1 aromatic heterocycles. The number of anilines is 1. The lowest BCUT2D eigenvalue weighted by Gasteiger charge is -2.11. The average Bonchev–Trinajstić information content (AvgIpc) is 3.03. The van der Waals surface area contributed by atoms with E-state index in [1.54, 1.807) is 22.9 Å². The summed E-state index contributed by atoms with van der Waals surface area (Å²) in [6.45, 7) is 3.88. The third-order valence-electron chi connectivity index (χ3n) is 2.74. The van der Waals surface area contributed by atoms with Crippen molar-refractivity contribution in [3.63, 3.8) is 0 Å². The summed E-state index contributed by atoms with van der Waals surface area (Å²) in [5, 5.41) is 2.70. The maximum absolute atomic E-state index is 11.9. The van der Waals surface area contributed by atoms with Gasteiger partial charge in [0.2, 0.25) is 5.91 Å². The molecule has 2 rings (SSSR count). The summed E-state index contributed by atoms with van der Waals surface area (Å²) in [7, 11) is 0. The predicted molar refractivity (Wildman–Crippen MR) is 62.4 cm³/mol. The highest BCUT2D eigenvalue weighted by molar-refractivity contribution is 5.93. The minimum Gasteiger partial charge on any atom is -0.321 e. The molecule has 1 saturated carbocycles. The lowest BCUT2D eigenvalue weighted by molar-refractivity contribution is -0.117. The number of nitrogens with one attached hydrogen (secondary N) is 1. The van der Waals surface area contributed by atoms with Crippen molar-refractivity contribution in [2.75, 3.05) is 5.32 Å². The molecular formula is C12H16N2O2. The molecule has 0 aromatic carbocycles. The average molecular weight is 220 g/mol. The summed E-state index contributed by atoms with van der Waals surface area (Å²) in [4.78, 5) is 23.5. The van der Waals surface area contributed by atoms with Crippen LogP contribution in [0.25, 0.3) is 0 Å². The van der Waals surface area contributed by atoms with Crippen molar-refractivity contribution in [1.82, 2.24) is 4.57 Å². The second-order valence-electron chi connectivity index (χ2n) is 4.49. The Bertz CT molecular complexity index is 458. The van der Waals surface area contributed by atoms with Crippen LogP contribution in [0.1, 0.15) is 32.7 Å². The van der Waals surface area contributed by atoms with Crippen molar-refractivity contribution < 1.29 is 4.79 Å². The molecule has 1 amide bonds. The first-order valence-corrected chi connectivity index (χ1v) is 5.61. The summed E-state index contributed by atoms with van der Waals surface area (Å²) in [6.07, 6.45) is 3.62. The lowest BCUT2D eigenvalue weighted by atomic mass is 10.3. The van der Waals surface area contributed by atoms with E-state index in [0.29, 0.717) is 5.69 Å². The van der Waals surface area contributed by atoms with E-state index in [4.69, 9.17) is 0 Å². The van der Waals surface area contributed by atoms with Crippen LogP contribution in [0.15, 0.2) is 23.1 Å². The Balaban J connectivity index is 2.23. The van der Waals surface area contributed by atoms with Gasteiger partial charge in [-0.25, -0.2) is 0 Å². The third kappa shape index (κ3) is 2.15. The van der Waals surface area contributed by atoms with E-state index < -0.39 is 0 Å². The molecule has 0 bridgehead atoms. The van der Waals surface area contributed by atoms with Crippen LogP contribution in [0.4, 0.5) is 5.69 Å². The Morgan fingerprint density at radius 1 is 1.50 bits per heavy atom. The number of carbonyl (C=O) groups is 1. The van der Waals surface area contributed by atoms with Crippen LogP contribution in [0.3, 0.4) is 0 Å². The molecule has 0 atom stereocenters. The first-order chi connectivity index (χ1) is 7.59. The zero-order valence-corrected chi connectivity index (χ0v) is 9.56. The minimum atomic E-state index is -0.133. The van der Waals surface area contributed by atoms with Gasteiger partial charge in [-0.05, 0) is 38.8 Å². The van der Waals surface area contributed by atoms with Gasteiger partial charge in [-0.15, -0.1) is 0 Å². The Morgan fingerprint density at radius 3 is 2.75 bits per heavy atom. The first-order valence-electron chi connectivity index (χ1n) is 5.61. The number of hydrogen-bond acceptors (Lipinski definition) is 2. The molecule has 86 valence electrons. The van der Waals surface area contributed by atoms with E-state index in [-0.39, 0.29) is 23.4 Å². The molecule has 4 heteroatoms. The van der Waals surface area contributed by atoms with Gasteiger partial charge in [-0.1, -0.05) is 0 Å². The van der Waals surface area contributed by atoms with Gasteiger partial charge in [-0.2, -0.15) is 0 Å². The van der Waals surface area contributed by atoms with Crippen molar-refractivity contribution in [2.45, 2.75) is 32.7 Å². The number of hydrogen-bond donors (Lipinski definition) is 1. The molecule has 16 heavy (non-hydrogen) atoms. The molecule has 0 unspecified atom stereocenters. The third-order valence-corrected chi connectivity index (χ3v) is 2.74. The molecule has 0 saturated heterocycles. The minimum absolute atomic E-state index is 0.0291. The molecule has 1 aliphatic carbocycles. The summed E-state index contributed by atoms with van der Waals surface area (Å²) in [6, 6.07) is 3.54. The summed E-state index contributed by atoms with van der Waals surface area (Å²) in [5.41, 5.74) is 0.250. The van der Waals surface area contributed by atoms with Gasteiger partial charge in [0.05, 0.1) is 0 Å². The number of aromatic nitrogens is 1. The first kappa shape index (κ1) is 10.9. The topological polar surface area (TPSA) is 51.1 Å². The van der Waals surface area contributed by atoms with Crippen molar-refractivity contribution in [3.05, 3.63) is 28.7 Å². The van der Waals surface area contributed by atoms with Gasteiger partial charge in [0.1, 0.15) is 5.69 Å². The maximum Gasteiger partial charge on any atom is 0.274 e. The largest absolute Gasteiger partial charge is 0.321 e. The monoisotopic (exact) mass is 220 g/mol. The van der Waals surface area contributed by atoms with Gasteiger partial charge in [0.15, 0.2) is 0 Å². The van der Waals surface area contributed by atoms with E-state index in [9.17, 15) is 9.59 Å². The second kappa shape index (κ2) is 4.12. The molecule has 1 N–H and O–H groups in total. The van der Waals surface area contributed by atoms with E-state index in [2.05, 4.69) is 5.32 Å². The van der Waals surface area contributed by atoms with E-state index >= 15 is 0 Å². The van der Waals surface area contributed by atoms with Crippen LogP contribution in [-0.2, 0) is 4.79 Å². The fourth-order valence-corrected chi connectivity index (χ4v) is 1.59. The lowest BCUT2D eigenvalue weighted by Crippen LogP contribution is -2.26. The summed E-state index contributed by atoms with van der Waals surface area (Å²) in [5.74, 6) is 0.0886. The number of pyridine rings is 1. The van der Waals surface area contributed by atoms with E-state index in [1.165, 1.54) is 0 Å². The van der Waals surface area contributed by atoms with Gasteiger partial charge in [-0.3, -0.25) is 9.59 Å². The normalized spacial score (nSPS) is 15.2. The highest BCUT2D eigenvalue weighted by Crippen LogP contribution is 2.29. The zero-order chi connectivity index (χ0) is 11.7. The molecule has 1 aliphatic rings. The number of amides is 1. The molecule has 4 nitrogen and oxygen atoms in total. The fourth-order valence-electron chi connectivity index (χ4n) is 1.59. The van der Waals surface area contributed by atoms with Crippen LogP contribution >= 0.6 is 0 Å². The fraction of sp³-hybridized carbons (Fsp3) is 0.500. The van der Waals surface area contributed by atoms with Crippen molar-refractivity contribution in [2.24, 2.45) is 5.92 Å². The van der Waals surface area contributed by atoms with Gasteiger partial charge < -0.3 is 9.88 Å². The molecule has 1 fully saturated rings. The number of rotatable bonds is 3. The highest BCUT2D eigenvalue weighted by Gasteiger charge is 2.30. The van der Waals surface area contributed by atoms with E-state index in [1.807, 2.05) is 13.8 Å². The summed E-state index contributed by atoms with van der Waals surface area (Å²) >= 11 is 0. The van der Waals surface area contributed by atoms with Crippen molar-refractivity contribution in [3.8, 4) is 0 Å². The van der Waals surface area contributed by atoms with Crippen LogP contribution in [0, 0.1) is 5.92 Å². The van der Waals surface area contributed by atoms with Crippen LogP contribution in [-0.4, -0.2) is 10.5 Å². The van der Waals surface area contributed by atoms with Crippen LogP contribution < -0.4 is 10.9 Å². The Morgan fingerprint density at radius 2 is 2.19 bits per heavy atom. The quantitative estimate of drug-likeness (QED) is 0.844. The standard InChI is InChI=1S/C12H16N2O2/c1-8(2)14-7-3-4-10(12(14)16)13-11(15)9-5-6-9/h3-4,7-9H,5-6H2,1-2H3,(H,13,15). The highest BCUT2D eigenvalue weighted by atomic mass is 16.2.